The fraction of sp³-hybridized carbons (Fsp3) is 0.846. The average Bonchev–Trinajstić information content (AvgIpc) is 3.06. The summed E-state index contributed by atoms with van der Waals surface area (Å²) in [5.74, 6) is -4.92. The molecule has 15 unspecified atom stereocenters. The molecule has 1 aliphatic heterocycles. The molecule has 14 nitrogen and oxygen atoms in total. The van der Waals surface area contributed by atoms with Crippen molar-refractivity contribution in [2.24, 2.45) is 50.2 Å². The van der Waals surface area contributed by atoms with Gasteiger partial charge in [0, 0.05) is 0 Å². The number of carbonyl (C=O) groups excluding carboxylic acids is 2. The van der Waals surface area contributed by atoms with E-state index in [1.54, 1.807) is 0 Å². The standard InChI is InChI=1S/C39H58O14/c1-34(2)11-13-39(32(48)49)14-12-36(4)19(20(39)16-34)7-8-23-35(3)17-21(40)30(47)38(6,24(35)9-10-37(23,36)5)33(50)53-31-29(46)28(45)27(44)22(52-31)18-51-26(43)15-25(41)42/h7,20-24,27-31,40,44-47H,8-18H2,1-6H3,(H,41,42)(H,48,49). The van der Waals surface area contributed by atoms with E-state index in [9.17, 15) is 49.8 Å². The number of hydrogen-bond donors (Lipinski definition) is 7. The zero-order valence-corrected chi connectivity index (χ0v) is 31.6. The molecule has 1 heterocycles. The SMILES string of the molecule is CC1(C)CCC2(C(=O)O)CCC3(C)C(=CCC4C5(C)CC(O)C(O)C(C)(C(=O)OC6OC(COC(=O)CC(=O)O)C(O)C(O)C6O)C5CCC43C)C2C1. The van der Waals surface area contributed by atoms with Crippen LogP contribution in [0.15, 0.2) is 11.6 Å². The molecule has 1 saturated heterocycles. The molecule has 7 N–H and O–H groups in total. The van der Waals surface area contributed by atoms with Crippen LogP contribution in [-0.2, 0) is 33.4 Å². The smallest absolute Gasteiger partial charge is 0.317 e. The summed E-state index contributed by atoms with van der Waals surface area (Å²) in [6.07, 6.45) is -4.94. The third-order valence-electron chi connectivity index (χ3n) is 15.7. The summed E-state index contributed by atoms with van der Waals surface area (Å²) in [4.78, 5) is 50.0. The lowest BCUT2D eigenvalue weighted by atomic mass is 9.33. The first kappa shape index (κ1) is 40.1. The number of fused-ring (bicyclic) bond motifs is 7. The Morgan fingerprint density at radius 2 is 1.49 bits per heavy atom. The van der Waals surface area contributed by atoms with Crippen LogP contribution in [-0.4, -0.2) is 109 Å². The number of carboxylic acids is 2. The van der Waals surface area contributed by atoms with Gasteiger partial charge in [0.05, 0.1) is 23.0 Å². The molecule has 0 bridgehead atoms. The number of aliphatic hydroxyl groups is 5. The molecule has 15 atom stereocenters. The van der Waals surface area contributed by atoms with Crippen LogP contribution < -0.4 is 0 Å². The number of rotatable bonds is 7. The van der Waals surface area contributed by atoms with Gasteiger partial charge in [-0.2, -0.15) is 0 Å². The van der Waals surface area contributed by atoms with Gasteiger partial charge in [0.15, 0.2) is 0 Å². The van der Waals surface area contributed by atoms with Gasteiger partial charge in [-0.1, -0.05) is 46.3 Å². The Hall–Kier alpha value is -2.62. The van der Waals surface area contributed by atoms with Crippen molar-refractivity contribution >= 4 is 23.9 Å². The Morgan fingerprint density at radius 3 is 2.13 bits per heavy atom. The van der Waals surface area contributed by atoms with E-state index in [4.69, 9.17) is 19.3 Å². The van der Waals surface area contributed by atoms with Gasteiger partial charge in [0.1, 0.15) is 37.4 Å². The number of aliphatic carboxylic acids is 2. The van der Waals surface area contributed by atoms with Crippen LogP contribution in [0.3, 0.4) is 0 Å². The topological polar surface area (TPSA) is 238 Å². The van der Waals surface area contributed by atoms with Gasteiger partial charge in [-0.15, -0.1) is 0 Å². The van der Waals surface area contributed by atoms with E-state index in [1.165, 1.54) is 12.5 Å². The molecule has 0 spiro atoms. The number of allylic oxidation sites excluding steroid dienone is 2. The number of esters is 2. The van der Waals surface area contributed by atoms with Crippen molar-refractivity contribution in [2.45, 2.75) is 149 Å². The minimum absolute atomic E-state index is 0.00443. The van der Waals surface area contributed by atoms with Crippen LogP contribution in [0.2, 0.25) is 0 Å². The third kappa shape index (κ3) is 5.96. The maximum atomic E-state index is 14.4. The summed E-state index contributed by atoms with van der Waals surface area (Å²) < 4.78 is 16.2. The molecular weight excluding hydrogens is 692 g/mol. The van der Waals surface area contributed by atoms with Crippen LogP contribution in [0.25, 0.3) is 0 Å². The predicted octanol–water partition coefficient (Wildman–Crippen LogP) is 2.55. The normalized spacial score (nSPS) is 48.8. The van der Waals surface area contributed by atoms with Gasteiger partial charge in [-0.25, -0.2) is 0 Å². The molecule has 298 valence electrons. The van der Waals surface area contributed by atoms with E-state index >= 15 is 0 Å². The van der Waals surface area contributed by atoms with Gasteiger partial charge in [-0.05, 0) is 104 Å². The van der Waals surface area contributed by atoms with Crippen LogP contribution >= 0.6 is 0 Å². The molecule has 6 rings (SSSR count). The number of aliphatic hydroxyl groups excluding tert-OH is 5. The monoisotopic (exact) mass is 750 g/mol. The van der Waals surface area contributed by atoms with Gasteiger partial charge < -0.3 is 50.0 Å². The van der Waals surface area contributed by atoms with Crippen molar-refractivity contribution in [3.63, 3.8) is 0 Å². The van der Waals surface area contributed by atoms with Crippen molar-refractivity contribution in [2.75, 3.05) is 6.61 Å². The Kier molecular flexibility index (Phi) is 10.0. The summed E-state index contributed by atoms with van der Waals surface area (Å²) in [6.45, 7) is 11.9. The van der Waals surface area contributed by atoms with Crippen LogP contribution in [0.4, 0.5) is 0 Å². The summed E-state index contributed by atoms with van der Waals surface area (Å²) in [5.41, 5.74) is -2.62. The van der Waals surface area contributed by atoms with E-state index in [0.717, 1.165) is 12.8 Å². The van der Waals surface area contributed by atoms with Crippen molar-refractivity contribution < 1.29 is 69.1 Å². The van der Waals surface area contributed by atoms with Crippen molar-refractivity contribution in [3.05, 3.63) is 11.6 Å². The number of hydrogen-bond acceptors (Lipinski definition) is 12. The van der Waals surface area contributed by atoms with E-state index in [-0.39, 0.29) is 34.5 Å². The summed E-state index contributed by atoms with van der Waals surface area (Å²) >= 11 is 0. The van der Waals surface area contributed by atoms with E-state index in [0.29, 0.717) is 38.5 Å². The second-order valence-corrected chi connectivity index (χ2v) is 18.8. The maximum Gasteiger partial charge on any atom is 0.317 e. The lowest BCUT2D eigenvalue weighted by Gasteiger charge is -2.71. The number of ether oxygens (including phenoxy) is 3. The molecule has 53 heavy (non-hydrogen) atoms. The van der Waals surface area contributed by atoms with Crippen molar-refractivity contribution in [1.29, 1.82) is 0 Å². The molecule has 6 aliphatic rings. The molecular formula is C39H58O14. The largest absolute Gasteiger partial charge is 0.481 e. The van der Waals surface area contributed by atoms with Crippen LogP contribution in [0.1, 0.15) is 106 Å². The minimum Gasteiger partial charge on any atom is -0.481 e. The minimum atomic E-state index is -1.92. The molecule has 0 aromatic rings. The van der Waals surface area contributed by atoms with Crippen LogP contribution in [0, 0.1) is 50.2 Å². The average molecular weight is 751 g/mol. The second kappa shape index (κ2) is 13.3. The summed E-state index contributed by atoms with van der Waals surface area (Å²) in [5, 5.41) is 74.5. The maximum absolute atomic E-state index is 14.4. The Balaban J connectivity index is 1.29. The molecule has 0 aromatic carbocycles. The zero-order valence-electron chi connectivity index (χ0n) is 31.6. The van der Waals surface area contributed by atoms with Crippen LogP contribution in [0.5, 0.6) is 0 Å². The van der Waals surface area contributed by atoms with Gasteiger partial charge in [0.25, 0.3) is 0 Å². The third-order valence-corrected chi connectivity index (χ3v) is 15.7. The molecule has 0 radical (unpaired) electrons. The lowest BCUT2D eigenvalue weighted by molar-refractivity contribution is -0.303. The van der Waals surface area contributed by atoms with Gasteiger partial charge in [0.2, 0.25) is 6.29 Å². The quantitative estimate of drug-likeness (QED) is 0.113. The van der Waals surface area contributed by atoms with E-state index in [1.807, 2.05) is 0 Å². The Bertz CT molecular complexity index is 1540. The first-order chi connectivity index (χ1) is 24.5. The fourth-order valence-corrected chi connectivity index (χ4v) is 12.4. The number of carboxylic acid groups (broad SMARTS) is 2. The highest BCUT2D eigenvalue weighted by molar-refractivity contribution is 5.90. The van der Waals surface area contributed by atoms with Crippen molar-refractivity contribution in [3.8, 4) is 0 Å². The highest BCUT2D eigenvalue weighted by Crippen LogP contribution is 2.76. The van der Waals surface area contributed by atoms with E-state index < -0.39 is 102 Å². The highest BCUT2D eigenvalue weighted by atomic mass is 16.7. The highest BCUT2D eigenvalue weighted by Gasteiger charge is 2.72. The zero-order chi connectivity index (χ0) is 39.3. The number of carbonyl (C=O) groups is 4. The molecule has 0 amide bonds. The van der Waals surface area contributed by atoms with Gasteiger partial charge >= 0.3 is 23.9 Å². The summed E-state index contributed by atoms with van der Waals surface area (Å²) in [7, 11) is 0. The molecule has 4 saturated carbocycles. The summed E-state index contributed by atoms with van der Waals surface area (Å²) in [6, 6.07) is 0. The first-order valence-corrected chi connectivity index (χ1v) is 19.1. The second-order valence-electron chi connectivity index (χ2n) is 18.8. The van der Waals surface area contributed by atoms with Crippen molar-refractivity contribution in [1.82, 2.24) is 0 Å². The first-order valence-electron chi connectivity index (χ1n) is 19.1. The molecule has 5 fully saturated rings. The van der Waals surface area contributed by atoms with Gasteiger partial charge in [-0.3, -0.25) is 19.2 Å². The lowest BCUT2D eigenvalue weighted by Crippen LogP contribution is -2.69. The van der Waals surface area contributed by atoms with E-state index in [2.05, 4.69) is 40.7 Å². The molecule has 0 aromatic heterocycles. The Labute approximate surface area is 309 Å². The fourth-order valence-electron chi connectivity index (χ4n) is 12.4. The molecule has 14 heteroatoms. The Morgan fingerprint density at radius 1 is 0.830 bits per heavy atom. The predicted molar refractivity (Wildman–Crippen MR) is 184 cm³/mol. The molecule has 5 aliphatic carbocycles.